The molecule has 0 rings (SSSR count). The highest BCUT2D eigenvalue weighted by atomic mass is 16.5. The number of hydrogen-bond donors (Lipinski definition) is 1. The smallest absolute Gasteiger partial charge is 0.310 e. The lowest BCUT2D eigenvalue weighted by Gasteiger charge is -2.10. The van der Waals surface area contributed by atoms with Gasteiger partial charge in [0.1, 0.15) is 0 Å². The van der Waals surface area contributed by atoms with E-state index < -0.39 is 0 Å². The van der Waals surface area contributed by atoms with Gasteiger partial charge in [-0.2, -0.15) is 0 Å². The number of carbonyl (C=O) groups excluding carboxylic acids is 2. The molecule has 1 unspecified atom stereocenters. The topological polar surface area (TPSA) is 55.4 Å². The number of hydrogen-bond acceptors (Lipinski definition) is 3. The summed E-state index contributed by atoms with van der Waals surface area (Å²) in [5, 5.41) is 2.56. The standard InChI is InChI=1S/C9H17NO3/c1-4-5-13-9(12)7(2)6-10-8(3)11/h7H,4-6H2,1-3H3,(H,10,11). The van der Waals surface area contributed by atoms with E-state index in [4.69, 9.17) is 4.74 Å². The van der Waals surface area contributed by atoms with E-state index in [-0.39, 0.29) is 17.8 Å². The van der Waals surface area contributed by atoms with Gasteiger partial charge in [0.15, 0.2) is 0 Å². The SMILES string of the molecule is CCCOC(=O)C(C)CNC(C)=O. The summed E-state index contributed by atoms with van der Waals surface area (Å²) < 4.78 is 4.90. The second-order valence-electron chi connectivity index (χ2n) is 3.01. The summed E-state index contributed by atoms with van der Waals surface area (Å²) in [7, 11) is 0. The Labute approximate surface area is 78.6 Å². The maximum Gasteiger partial charge on any atom is 0.310 e. The fraction of sp³-hybridized carbons (Fsp3) is 0.778. The van der Waals surface area contributed by atoms with E-state index in [2.05, 4.69) is 5.32 Å². The molecule has 0 heterocycles. The second kappa shape index (κ2) is 6.46. The molecule has 0 aromatic carbocycles. The Bertz CT molecular complexity index is 180. The van der Waals surface area contributed by atoms with Crippen molar-refractivity contribution in [2.75, 3.05) is 13.2 Å². The summed E-state index contributed by atoms with van der Waals surface area (Å²) in [6.07, 6.45) is 0.818. The van der Waals surface area contributed by atoms with Gasteiger partial charge >= 0.3 is 5.97 Å². The molecule has 0 aromatic heterocycles. The van der Waals surface area contributed by atoms with Crippen LogP contribution in [0, 0.1) is 5.92 Å². The van der Waals surface area contributed by atoms with Crippen molar-refractivity contribution in [2.45, 2.75) is 27.2 Å². The van der Waals surface area contributed by atoms with Gasteiger partial charge < -0.3 is 10.1 Å². The molecule has 13 heavy (non-hydrogen) atoms. The van der Waals surface area contributed by atoms with E-state index >= 15 is 0 Å². The molecule has 0 spiro atoms. The fourth-order valence-corrected chi connectivity index (χ4v) is 0.725. The number of amides is 1. The minimum absolute atomic E-state index is 0.129. The van der Waals surface area contributed by atoms with Crippen molar-refractivity contribution < 1.29 is 14.3 Å². The van der Waals surface area contributed by atoms with Crippen molar-refractivity contribution in [3.05, 3.63) is 0 Å². The summed E-state index contributed by atoms with van der Waals surface area (Å²) in [6, 6.07) is 0. The van der Waals surface area contributed by atoms with Gasteiger partial charge in [-0.25, -0.2) is 0 Å². The molecule has 76 valence electrons. The van der Waals surface area contributed by atoms with Gasteiger partial charge in [-0.1, -0.05) is 13.8 Å². The zero-order valence-corrected chi connectivity index (χ0v) is 8.42. The maximum atomic E-state index is 11.1. The quantitative estimate of drug-likeness (QED) is 0.645. The van der Waals surface area contributed by atoms with E-state index in [9.17, 15) is 9.59 Å². The third kappa shape index (κ3) is 6.13. The predicted molar refractivity (Wildman–Crippen MR) is 49.1 cm³/mol. The van der Waals surface area contributed by atoms with Gasteiger partial charge in [0.2, 0.25) is 5.91 Å². The molecule has 4 nitrogen and oxygen atoms in total. The van der Waals surface area contributed by atoms with Gasteiger partial charge in [-0.15, -0.1) is 0 Å². The zero-order valence-electron chi connectivity index (χ0n) is 8.42. The Morgan fingerprint density at radius 1 is 1.46 bits per heavy atom. The lowest BCUT2D eigenvalue weighted by atomic mass is 10.2. The average molecular weight is 187 g/mol. The number of carbonyl (C=O) groups is 2. The summed E-state index contributed by atoms with van der Waals surface area (Å²) in [6.45, 7) is 5.88. The number of nitrogens with one attached hydrogen (secondary N) is 1. The van der Waals surface area contributed by atoms with Crippen LogP contribution >= 0.6 is 0 Å². The molecule has 0 radical (unpaired) electrons. The average Bonchev–Trinajstić information content (AvgIpc) is 2.10. The van der Waals surface area contributed by atoms with Crippen molar-refractivity contribution in [3.63, 3.8) is 0 Å². The van der Waals surface area contributed by atoms with Crippen LogP contribution in [0.15, 0.2) is 0 Å². The molecular formula is C9H17NO3. The van der Waals surface area contributed by atoms with Crippen LogP contribution in [0.3, 0.4) is 0 Å². The Morgan fingerprint density at radius 3 is 2.54 bits per heavy atom. The molecule has 0 saturated heterocycles. The Kier molecular flexibility index (Phi) is 5.93. The lowest BCUT2D eigenvalue weighted by molar-refractivity contribution is -0.147. The van der Waals surface area contributed by atoms with Gasteiger partial charge in [-0.3, -0.25) is 9.59 Å². The first-order valence-corrected chi connectivity index (χ1v) is 4.49. The largest absolute Gasteiger partial charge is 0.465 e. The monoisotopic (exact) mass is 187 g/mol. The zero-order chi connectivity index (χ0) is 10.3. The van der Waals surface area contributed by atoms with E-state index in [1.54, 1.807) is 6.92 Å². The number of esters is 1. The molecule has 0 bridgehead atoms. The molecular weight excluding hydrogens is 170 g/mol. The molecule has 1 amide bonds. The Morgan fingerprint density at radius 2 is 2.08 bits per heavy atom. The summed E-state index contributed by atoms with van der Waals surface area (Å²) in [5.74, 6) is -0.652. The molecule has 0 aliphatic carbocycles. The highest BCUT2D eigenvalue weighted by Crippen LogP contribution is 1.97. The van der Waals surface area contributed by atoms with Crippen molar-refractivity contribution in [1.29, 1.82) is 0 Å². The third-order valence-electron chi connectivity index (χ3n) is 1.51. The van der Waals surface area contributed by atoms with Crippen LogP contribution in [0.25, 0.3) is 0 Å². The van der Waals surface area contributed by atoms with Gasteiger partial charge in [0, 0.05) is 13.5 Å². The molecule has 0 fully saturated rings. The van der Waals surface area contributed by atoms with E-state index in [1.807, 2.05) is 6.92 Å². The first kappa shape index (κ1) is 11.9. The van der Waals surface area contributed by atoms with Crippen molar-refractivity contribution in [3.8, 4) is 0 Å². The first-order valence-electron chi connectivity index (χ1n) is 4.49. The van der Waals surface area contributed by atoms with Crippen LogP contribution in [0.4, 0.5) is 0 Å². The van der Waals surface area contributed by atoms with Gasteiger partial charge in [0.25, 0.3) is 0 Å². The molecule has 4 heteroatoms. The Hall–Kier alpha value is -1.06. The second-order valence-corrected chi connectivity index (χ2v) is 3.01. The molecule has 0 saturated carbocycles. The molecule has 0 aliphatic heterocycles. The minimum Gasteiger partial charge on any atom is -0.465 e. The normalized spacial score (nSPS) is 11.9. The fourth-order valence-electron chi connectivity index (χ4n) is 0.725. The number of ether oxygens (including phenoxy) is 1. The van der Waals surface area contributed by atoms with Gasteiger partial charge in [0.05, 0.1) is 12.5 Å². The van der Waals surface area contributed by atoms with E-state index in [0.29, 0.717) is 13.2 Å². The maximum absolute atomic E-state index is 11.1. The van der Waals surface area contributed by atoms with E-state index in [1.165, 1.54) is 6.92 Å². The van der Waals surface area contributed by atoms with E-state index in [0.717, 1.165) is 6.42 Å². The highest BCUT2D eigenvalue weighted by Gasteiger charge is 2.13. The molecule has 0 aromatic rings. The van der Waals surface area contributed by atoms with Crippen LogP contribution in [0.5, 0.6) is 0 Å². The van der Waals surface area contributed by atoms with Crippen LogP contribution < -0.4 is 5.32 Å². The predicted octanol–water partition coefficient (Wildman–Crippen LogP) is 0.712. The summed E-state index contributed by atoms with van der Waals surface area (Å²) in [5.41, 5.74) is 0. The highest BCUT2D eigenvalue weighted by molar-refractivity contribution is 5.75. The summed E-state index contributed by atoms with van der Waals surface area (Å²) >= 11 is 0. The third-order valence-corrected chi connectivity index (χ3v) is 1.51. The molecule has 1 N–H and O–H groups in total. The van der Waals surface area contributed by atoms with Crippen LogP contribution in [0.2, 0.25) is 0 Å². The van der Waals surface area contributed by atoms with Crippen molar-refractivity contribution >= 4 is 11.9 Å². The minimum atomic E-state index is -0.268. The molecule has 0 aliphatic rings. The summed E-state index contributed by atoms with van der Waals surface area (Å²) in [4.78, 5) is 21.7. The van der Waals surface area contributed by atoms with Gasteiger partial charge in [-0.05, 0) is 6.42 Å². The van der Waals surface area contributed by atoms with Crippen LogP contribution in [0.1, 0.15) is 27.2 Å². The lowest BCUT2D eigenvalue weighted by Crippen LogP contribution is -2.30. The molecule has 1 atom stereocenters. The number of rotatable bonds is 5. The van der Waals surface area contributed by atoms with Crippen LogP contribution in [-0.2, 0) is 14.3 Å². The Balaban J connectivity index is 3.62. The van der Waals surface area contributed by atoms with Crippen molar-refractivity contribution in [1.82, 2.24) is 5.32 Å². The van der Waals surface area contributed by atoms with Crippen LogP contribution in [-0.4, -0.2) is 25.0 Å². The van der Waals surface area contributed by atoms with Crippen molar-refractivity contribution in [2.24, 2.45) is 5.92 Å². The first-order chi connectivity index (χ1) is 6.07.